The molecule has 2 aliphatic rings. The second-order valence-electron chi connectivity index (χ2n) is 10.3. The van der Waals surface area contributed by atoms with Crippen molar-refractivity contribution < 1.29 is 13.5 Å². The van der Waals surface area contributed by atoms with Gasteiger partial charge in [-0.3, -0.25) is 0 Å². The average molecular weight is 542 g/mol. The van der Waals surface area contributed by atoms with Crippen LogP contribution in [0.15, 0.2) is 35.4 Å². The van der Waals surface area contributed by atoms with E-state index in [2.05, 4.69) is 29.0 Å². The SMILES string of the molecule is CCCCNc1ncc2c(-c3ccc(S(=O)(=O)N4CCN(CC)CC4)cc3)nn([C@H]3CC[C@H](O)CC3)c2n1. The number of piperazine rings is 1. The summed E-state index contributed by atoms with van der Waals surface area (Å²) in [7, 11) is -3.54. The first-order chi connectivity index (χ1) is 18.4. The number of hydrogen-bond acceptors (Lipinski definition) is 8. The molecule has 2 fully saturated rings. The highest BCUT2D eigenvalue weighted by Crippen LogP contribution is 2.35. The predicted octanol–water partition coefficient (Wildman–Crippen LogP) is 3.51. The molecular weight excluding hydrogens is 502 g/mol. The molecule has 3 heterocycles. The summed E-state index contributed by atoms with van der Waals surface area (Å²) in [6, 6.07) is 7.17. The molecule has 0 amide bonds. The smallest absolute Gasteiger partial charge is 0.243 e. The number of aliphatic hydroxyl groups excluding tert-OH is 1. The summed E-state index contributed by atoms with van der Waals surface area (Å²) in [5.41, 5.74) is 2.34. The van der Waals surface area contributed by atoms with Crippen LogP contribution in [0.5, 0.6) is 0 Å². The van der Waals surface area contributed by atoms with E-state index in [1.165, 1.54) is 0 Å². The van der Waals surface area contributed by atoms with Crippen LogP contribution >= 0.6 is 0 Å². The van der Waals surface area contributed by atoms with Crippen molar-refractivity contribution >= 4 is 27.0 Å². The first-order valence-electron chi connectivity index (χ1n) is 13.9. The van der Waals surface area contributed by atoms with Crippen LogP contribution in [0, 0.1) is 0 Å². The zero-order chi connectivity index (χ0) is 26.7. The van der Waals surface area contributed by atoms with E-state index in [1.807, 2.05) is 23.0 Å². The van der Waals surface area contributed by atoms with Crippen LogP contribution in [-0.2, 0) is 10.0 Å². The van der Waals surface area contributed by atoms with E-state index in [-0.39, 0.29) is 12.1 Å². The monoisotopic (exact) mass is 541 g/mol. The third kappa shape index (κ3) is 5.56. The van der Waals surface area contributed by atoms with Crippen LogP contribution in [0.1, 0.15) is 58.4 Å². The lowest BCUT2D eigenvalue weighted by atomic mass is 9.93. The summed E-state index contributed by atoms with van der Waals surface area (Å²) in [4.78, 5) is 11.9. The zero-order valence-corrected chi connectivity index (χ0v) is 23.2. The van der Waals surface area contributed by atoms with Crippen LogP contribution in [0.25, 0.3) is 22.3 Å². The molecule has 1 aromatic carbocycles. The van der Waals surface area contributed by atoms with Crippen molar-refractivity contribution in [3.63, 3.8) is 0 Å². The van der Waals surface area contributed by atoms with Crippen molar-refractivity contribution in [1.82, 2.24) is 29.0 Å². The molecule has 0 atom stereocenters. The minimum Gasteiger partial charge on any atom is -0.393 e. The molecule has 38 heavy (non-hydrogen) atoms. The van der Waals surface area contributed by atoms with Gasteiger partial charge in [0.1, 0.15) is 5.69 Å². The summed E-state index contributed by atoms with van der Waals surface area (Å²) in [5.74, 6) is 0.583. The van der Waals surface area contributed by atoms with Gasteiger partial charge >= 0.3 is 0 Å². The average Bonchev–Trinajstić information content (AvgIpc) is 3.32. The number of likely N-dealkylation sites (N-methyl/N-ethyl adjacent to an activating group) is 1. The van der Waals surface area contributed by atoms with Crippen LogP contribution in [0.4, 0.5) is 5.95 Å². The lowest BCUT2D eigenvalue weighted by molar-refractivity contribution is 0.109. The second-order valence-corrected chi connectivity index (χ2v) is 12.3. The summed E-state index contributed by atoms with van der Waals surface area (Å²) in [6.45, 7) is 8.51. The first kappa shape index (κ1) is 27.0. The highest BCUT2D eigenvalue weighted by Gasteiger charge is 2.29. The number of benzene rings is 1. The maximum atomic E-state index is 13.3. The number of sulfonamides is 1. The standard InChI is InChI=1S/C27H39N7O3S/c1-3-5-14-28-27-29-19-24-25(31-34(26(24)30-27)21-8-10-22(35)11-9-21)20-6-12-23(13-7-20)38(36,37)33-17-15-32(4-2)16-18-33/h6-7,12-13,19,21-22,35H,3-5,8-11,14-18H2,1-2H3,(H,28,29,30)/t21-,22-. The molecule has 0 radical (unpaired) electrons. The topological polar surface area (TPSA) is 116 Å². The molecule has 0 bridgehead atoms. The third-order valence-corrected chi connectivity index (χ3v) is 9.73. The first-order valence-corrected chi connectivity index (χ1v) is 15.3. The Morgan fingerprint density at radius 1 is 1.03 bits per heavy atom. The van der Waals surface area contributed by atoms with Gasteiger partial charge in [-0.1, -0.05) is 32.4 Å². The van der Waals surface area contributed by atoms with Gasteiger partial charge in [0.25, 0.3) is 0 Å². The molecule has 5 rings (SSSR count). The Labute approximate surface area is 225 Å². The van der Waals surface area contributed by atoms with Gasteiger partial charge in [-0.2, -0.15) is 14.4 Å². The van der Waals surface area contributed by atoms with Crippen molar-refractivity contribution in [3.8, 4) is 11.3 Å². The lowest BCUT2D eigenvalue weighted by Crippen LogP contribution is -2.48. The molecule has 206 valence electrons. The van der Waals surface area contributed by atoms with Crippen molar-refractivity contribution in [2.24, 2.45) is 0 Å². The van der Waals surface area contributed by atoms with Gasteiger partial charge in [0, 0.05) is 44.5 Å². The predicted molar refractivity (Wildman–Crippen MR) is 149 cm³/mol. The van der Waals surface area contributed by atoms with Crippen molar-refractivity contribution in [2.45, 2.75) is 69.4 Å². The molecule has 2 aromatic heterocycles. The van der Waals surface area contributed by atoms with E-state index < -0.39 is 10.0 Å². The Kier molecular flexibility index (Phi) is 8.27. The van der Waals surface area contributed by atoms with Crippen LogP contribution in [0.3, 0.4) is 0 Å². The fourth-order valence-electron chi connectivity index (χ4n) is 5.38. The zero-order valence-electron chi connectivity index (χ0n) is 22.4. The number of fused-ring (bicyclic) bond motifs is 1. The molecule has 1 aliphatic heterocycles. The van der Waals surface area contributed by atoms with E-state index in [4.69, 9.17) is 10.1 Å². The van der Waals surface area contributed by atoms with Crippen molar-refractivity contribution in [3.05, 3.63) is 30.5 Å². The lowest BCUT2D eigenvalue weighted by Gasteiger charge is -2.33. The molecule has 11 heteroatoms. The van der Waals surface area contributed by atoms with Gasteiger partial charge in [0.15, 0.2) is 5.65 Å². The van der Waals surface area contributed by atoms with E-state index in [0.717, 1.165) is 87.0 Å². The maximum Gasteiger partial charge on any atom is 0.243 e. The number of hydrogen-bond donors (Lipinski definition) is 2. The van der Waals surface area contributed by atoms with Gasteiger partial charge in [-0.15, -0.1) is 0 Å². The molecule has 0 unspecified atom stereocenters. The molecule has 1 saturated carbocycles. The normalized spacial score (nSPS) is 21.7. The number of aliphatic hydroxyl groups is 1. The van der Waals surface area contributed by atoms with Gasteiger partial charge in [0.05, 0.1) is 22.4 Å². The number of unbranched alkanes of at least 4 members (excludes halogenated alkanes) is 1. The number of aromatic nitrogens is 4. The molecule has 1 aliphatic carbocycles. The quantitative estimate of drug-likeness (QED) is 0.396. The minimum atomic E-state index is -3.54. The van der Waals surface area contributed by atoms with E-state index in [1.54, 1.807) is 16.4 Å². The number of rotatable bonds is 9. The second kappa shape index (κ2) is 11.6. The van der Waals surface area contributed by atoms with Gasteiger partial charge in [-0.05, 0) is 50.8 Å². The van der Waals surface area contributed by atoms with E-state index >= 15 is 0 Å². The Balaban J connectivity index is 1.45. The van der Waals surface area contributed by atoms with Crippen molar-refractivity contribution in [1.29, 1.82) is 0 Å². The summed E-state index contributed by atoms with van der Waals surface area (Å²) < 4.78 is 30.1. The molecule has 10 nitrogen and oxygen atoms in total. The minimum absolute atomic E-state index is 0.148. The molecule has 1 saturated heterocycles. The highest BCUT2D eigenvalue weighted by molar-refractivity contribution is 7.89. The Hall–Kier alpha value is -2.60. The van der Waals surface area contributed by atoms with Gasteiger partial charge in [0.2, 0.25) is 16.0 Å². The molecule has 3 aromatic rings. The molecule has 0 spiro atoms. The van der Waals surface area contributed by atoms with Crippen molar-refractivity contribution in [2.75, 3.05) is 44.6 Å². The van der Waals surface area contributed by atoms with Crippen LogP contribution in [-0.4, -0.2) is 87.9 Å². The molecule has 2 N–H and O–H groups in total. The van der Waals surface area contributed by atoms with Gasteiger partial charge < -0.3 is 15.3 Å². The molecular formula is C27H39N7O3S. The fourth-order valence-corrected chi connectivity index (χ4v) is 6.80. The van der Waals surface area contributed by atoms with E-state index in [9.17, 15) is 13.5 Å². The Morgan fingerprint density at radius 3 is 2.39 bits per heavy atom. The maximum absolute atomic E-state index is 13.3. The third-order valence-electron chi connectivity index (χ3n) is 7.82. The summed E-state index contributed by atoms with van der Waals surface area (Å²) >= 11 is 0. The van der Waals surface area contributed by atoms with Crippen LogP contribution < -0.4 is 5.32 Å². The van der Waals surface area contributed by atoms with Gasteiger partial charge in [-0.25, -0.2) is 18.1 Å². The summed E-state index contributed by atoms with van der Waals surface area (Å²) in [5, 5.41) is 19.2. The number of nitrogens with zero attached hydrogens (tertiary/aromatic N) is 6. The highest BCUT2D eigenvalue weighted by atomic mass is 32.2. The largest absolute Gasteiger partial charge is 0.393 e. The fraction of sp³-hybridized carbons (Fsp3) is 0.593. The number of nitrogens with one attached hydrogen (secondary N) is 1. The van der Waals surface area contributed by atoms with Crippen LogP contribution in [0.2, 0.25) is 0 Å². The summed E-state index contributed by atoms with van der Waals surface area (Å²) in [6.07, 6.45) is 6.84. The Morgan fingerprint density at radius 2 is 1.74 bits per heavy atom. The van der Waals surface area contributed by atoms with E-state index in [0.29, 0.717) is 23.9 Å². The number of anilines is 1. The Bertz CT molecular complexity index is 1330.